The van der Waals surface area contributed by atoms with Crippen LogP contribution in [-0.2, 0) is 11.8 Å². The first-order valence-electron chi connectivity index (χ1n) is 7.63. The highest BCUT2D eigenvalue weighted by Gasteiger charge is 2.39. The predicted octanol–water partition coefficient (Wildman–Crippen LogP) is 2.74. The van der Waals surface area contributed by atoms with Gasteiger partial charge in [0.15, 0.2) is 12.4 Å². The van der Waals surface area contributed by atoms with Crippen LogP contribution in [-0.4, -0.2) is 28.3 Å². The first-order chi connectivity index (χ1) is 11.0. The predicted molar refractivity (Wildman–Crippen MR) is 88.9 cm³/mol. The minimum atomic E-state index is -0.109. The first-order valence-corrected chi connectivity index (χ1v) is 8.01. The van der Waals surface area contributed by atoms with Gasteiger partial charge in [0, 0.05) is 24.0 Å². The van der Waals surface area contributed by atoms with Gasteiger partial charge in [0.25, 0.3) is 5.91 Å². The van der Waals surface area contributed by atoms with Crippen LogP contribution in [0.1, 0.15) is 29.3 Å². The van der Waals surface area contributed by atoms with Gasteiger partial charge in [-0.05, 0) is 38.0 Å². The number of aromatic nitrogens is 2. The lowest BCUT2D eigenvalue weighted by Crippen LogP contribution is -2.31. The third-order valence-corrected chi connectivity index (χ3v) is 4.44. The van der Waals surface area contributed by atoms with E-state index >= 15 is 0 Å². The molecule has 122 valence electrons. The Morgan fingerprint density at radius 3 is 2.91 bits per heavy atom. The van der Waals surface area contributed by atoms with Crippen molar-refractivity contribution in [2.45, 2.75) is 32.2 Å². The van der Waals surface area contributed by atoms with Gasteiger partial charge in [-0.3, -0.25) is 9.48 Å². The van der Waals surface area contributed by atoms with Crippen molar-refractivity contribution in [2.75, 3.05) is 6.61 Å². The molecular formula is C17H20ClN3O2. The van der Waals surface area contributed by atoms with Crippen molar-refractivity contribution >= 4 is 17.5 Å². The van der Waals surface area contributed by atoms with Crippen molar-refractivity contribution in [1.29, 1.82) is 0 Å². The lowest BCUT2D eigenvalue weighted by atomic mass is 10.1. The quantitative estimate of drug-likeness (QED) is 0.915. The number of benzene rings is 1. The van der Waals surface area contributed by atoms with Crippen LogP contribution in [0.2, 0.25) is 5.02 Å². The molecule has 1 aromatic carbocycles. The molecule has 6 heteroatoms. The van der Waals surface area contributed by atoms with E-state index in [-0.39, 0.29) is 18.6 Å². The van der Waals surface area contributed by atoms with Gasteiger partial charge in [0.1, 0.15) is 5.69 Å². The lowest BCUT2D eigenvalue weighted by Gasteiger charge is -2.08. The monoisotopic (exact) mass is 333 g/mol. The van der Waals surface area contributed by atoms with E-state index in [1.54, 1.807) is 4.68 Å². The molecular weight excluding hydrogens is 314 g/mol. The summed E-state index contributed by atoms with van der Waals surface area (Å²) in [7, 11) is 1.86. The average molecular weight is 334 g/mol. The van der Waals surface area contributed by atoms with E-state index in [0.717, 1.165) is 22.8 Å². The SMILES string of the molecule is Cc1nn(C)c(C)c1OCC(=O)N[C@H]1C[C@H]1c1cccc(Cl)c1. The van der Waals surface area contributed by atoms with E-state index in [1.165, 1.54) is 5.56 Å². The maximum atomic E-state index is 12.1. The molecule has 0 aliphatic heterocycles. The minimum Gasteiger partial charge on any atom is -0.480 e. The van der Waals surface area contributed by atoms with Crippen LogP contribution in [0.4, 0.5) is 0 Å². The fourth-order valence-electron chi connectivity index (χ4n) is 2.81. The molecule has 23 heavy (non-hydrogen) atoms. The van der Waals surface area contributed by atoms with E-state index in [4.69, 9.17) is 16.3 Å². The van der Waals surface area contributed by atoms with E-state index in [0.29, 0.717) is 11.7 Å². The highest BCUT2D eigenvalue weighted by atomic mass is 35.5. The molecule has 1 saturated carbocycles. The fourth-order valence-corrected chi connectivity index (χ4v) is 3.01. The molecule has 1 amide bonds. The van der Waals surface area contributed by atoms with Crippen LogP contribution in [0.15, 0.2) is 24.3 Å². The molecule has 1 fully saturated rings. The number of hydrogen-bond acceptors (Lipinski definition) is 3. The molecule has 5 nitrogen and oxygen atoms in total. The second kappa shape index (κ2) is 6.24. The van der Waals surface area contributed by atoms with E-state index in [9.17, 15) is 4.79 Å². The molecule has 0 saturated heterocycles. The van der Waals surface area contributed by atoms with Gasteiger partial charge in [-0.25, -0.2) is 0 Å². The summed E-state index contributed by atoms with van der Waals surface area (Å²) in [4.78, 5) is 12.1. The number of carbonyl (C=O) groups is 1. The number of aryl methyl sites for hydroxylation is 2. The van der Waals surface area contributed by atoms with Crippen molar-refractivity contribution < 1.29 is 9.53 Å². The van der Waals surface area contributed by atoms with Crippen molar-refractivity contribution in [2.24, 2.45) is 7.05 Å². The number of halogens is 1. The van der Waals surface area contributed by atoms with Crippen LogP contribution >= 0.6 is 11.6 Å². The van der Waals surface area contributed by atoms with Gasteiger partial charge in [-0.1, -0.05) is 23.7 Å². The van der Waals surface area contributed by atoms with Crippen molar-refractivity contribution in [1.82, 2.24) is 15.1 Å². The summed E-state index contributed by atoms with van der Waals surface area (Å²) in [5.74, 6) is 0.923. The van der Waals surface area contributed by atoms with Gasteiger partial charge >= 0.3 is 0 Å². The molecule has 2 aromatic rings. The highest BCUT2D eigenvalue weighted by molar-refractivity contribution is 6.30. The number of hydrogen-bond donors (Lipinski definition) is 1. The Morgan fingerprint density at radius 2 is 2.26 bits per heavy atom. The number of nitrogens with zero attached hydrogens (tertiary/aromatic N) is 2. The van der Waals surface area contributed by atoms with E-state index in [2.05, 4.69) is 10.4 Å². The normalized spacial score (nSPS) is 19.5. The fraction of sp³-hybridized carbons (Fsp3) is 0.412. The van der Waals surface area contributed by atoms with Crippen LogP contribution in [0.25, 0.3) is 0 Å². The molecule has 2 atom stereocenters. The van der Waals surface area contributed by atoms with E-state index in [1.807, 2.05) is 45.2 Å². The van der Waals surface area contributed by atoms with Crippen molar-refractivity contribution in [3.63, 3.8) is 0 Å². The summed E-state index contributed by atoms with van der Waals surface area (Å²) in [5, 5.41) is 8.00. The summed E-state index contributed by atoms with van der Waals surface area (Å²) < 4.78 is 7.37. The van der Waals surface area contributed by atoms with Crippen LogP contribution < -0.4 is 10.1 Å². The third-order valence-electron chi connectivity index (χ3n) is 4.20. The zero-order valence-corrected chi connectivity index (χ0v) is 14.2. The van der Waals surface area contributed by atoms with Crippen LogP contribution in [0.3, 0.4) is 0 Å². The third kappa shape index (κ3) is 3.50. The maximum absolute atomic E-state index is 12.1. The van der Waals surface area contributed by atoms with Gasteiger partial charge in [0.05, 0.1) is 5.69 Å². The topological polar surface area (TPSA) is 56.2 Å². The van der Waals surface area contributed by atoms with Crippen LogP contribution in [0.5, 0.6) is 5.75 Å². The summed E-state index contributed by atoms with van der Waals surface area (Å²) in [5.41, 5.74) is 2.88. The Bertz CT molecular complexity index is 741. The van der Waals surface area contributed by atoms with E-state index < -0.39 is 0 Å². The number of nitrogens with one attached hydrogen (secondary N) is 1. The second-order valence-corrected chi connectivity index (χ2v) is 6.42. The van der Waals surface area contributed by atoms with Gasteiger partial charge in [-0.15, -0.1) is 0 Å². The lowest BCUT2D eigenvalue weighted by molar-refractivity contribution is -0.123. The Morgan fingerprint density at radius 1 is 1.48 bits per heavy atom. The summed E-state index contributed by atoms with van der Waals surface area (Å²) in [6, 6.07) is 7.96. The maximum Gasteiger partial charge on any atom is 0.258 e. The number of rotatable bonds is 5. The molecule has 0 bridgehead atoms. The molecule has 1 aliphatic carbocycles. The molecule has 1 N–H and O–H groups in total. The molecule has 1 aromatic heterocycles. The second-order valence-electron chi connectivity index (χ2n) is 5.98. The Labute approximate surface area is 140 Å². The zero-order chi connectivity index (χ0) is 16.6. The Kier molecular flexibility index (Phi) is 4.31. The number of carbonyl (C=O) groups excluding carboxylic acids is 1. The first kappa shape index (κ1) is 15.9. The van der Waals surface area contributed by atoms with Crippen LogP contribution in [0, 0.1) is 13.8 Å². The Hall–Kier alpha value is -2.01. The largest absolute Gasteiger partial charge is 0.480 e. The van der Waals surface area contributed by atoms with Crippen molar-refractivity contribution in [3.8, 4) is 5.75 Å². The van der Waals surface area contributed by atoms with Gasteiger partial charge < -0.3 is 10.1 Å². The summed E-state index contributed by atoms with van der Waals surface area (Å²) in [6.07, 6.45) is 0.941. The highest BCUT2D eigenvalue weighted by Crippen LogP contribution is 2.41. The molecule has 3 rings (SSSR count). The van der Waals surface area contributed by atoms with Gasteiger partial charge in [-0.2, -0.15) is 5.10 Å². The minimum absolute atomic E-state index is 0.00609. The molecule has 1 heterocycles. The number of ether oxygens (including phenoxy) is 1. The summed E-state index contributed by atoms with van der Waals surface area (Å²) >= 11 is 6.00. The molecule has 0 radical (unpaired) electrons. The van der Waals surface area contributed by atoms with Crippen molar-refractivity contribution in [3.05, 3.63) is 46.2 Å². The molecule has 1 aliphatic rings. The van der Waals surface area contributed by atoms with Gasteiger partial charge in [0.2, 0.25) is 0 Å². The average Bonchev–Trinajstić information content (AvgIpc) is 3.21. The smallest absolute Gasteiger partial charge is 0.258 e. The molecule has 0 unspecified atom stereocenters. The zero-order valence-electron chi connectivity index (χ0n) is 13.5. The standard InChI is InChI=1S/C17H20ClN3O2/c1-10-17(11(2)21(3)20-10)23-9-16(22)19-15-8-14(15)12-5-4-6-13(18)7-12/h4-7,14-15H,8-9H2,1-3H3,(H,19,22)/t14-,15-/m0/s1. The Balaban J connectivity index is 1.51. The molecule has 0 spiro atoms. The summed E-state index contributed by atoms with van der Waals surface area (Å²) in [6.45, 7) is 3.80. The number of amides is 1.